The molecule has 1 saturated carbocycles. The Morgan fingerprint density at radius 2 is 1.90 bits per heavy atom. The summed E-state index contributed by atoms with van der Waals surface area (Å²) in [6, 6.07) is 12.0. The number of carbonyl (C=O) groups is 1. The molecule has 0 bridgehead atoms. The number of hydrogen-bond acceptors (Lipinski definition) is 4. The summed E-state index contributed by atoms with van der Waals surface area (Å²) in [5.74, 6) is 0.530. The van der Waals surface area contributed by atoms with Gasteiger partial charge in [0, 0.05) is 13.1 Å². The highest BCUT2D eigenvalue weighted by Crippen LogP contribution is 2.27. The Labute approximate surface area is 174 Å². The van der Waals surface area contributed by atoms with Crippen molar-refractivity contribution in [2.45, 2.75) is 56.0 Å². The third-order valence-electron chi connectivity index (χ3n) is 5.99. The molecule has 3 aromatic rings. The van der Waals surface area contributed by atoms with Crippen molar-refractivity contribution >= 4 is 39.3 Å². The maximum Gasteiger partial charge on any atom is 0.261 e. The maximum atomic E-state index is 12.9. The molecule has 152 valence electrons. The molecule has 1 aliphatic carbocycles. The van der Waals surface area contributed by atoms with Gasteiger partial charge in [-0.15, -0.1) is 0 Å². The average Bonchev–Trinajstić information content (AvgIpc) is 2.72. The Hall–Kier alpha value is -2.34. The van der Waals surface area contributed by atoms with Crippen LogP contribution in [-0.2, 0) is 11.8 Å². The average molecular weight is 410 g/mol. The Balaban J connectivity index is 1.59. The number of thioether (sulfide) groups is 1. The molecule has 5 nitrogen and oxygen atoms in total. The van der Waals surface area contributed by atoms with E-state index in [-0.39, 0.29) is 22.8 Å². The van der Waals surface area contributed by atoms with Crippen LogP contribution in [0.5, 0.6) is 0 Å². The van der Waals surface area contributed by atoms with Crippen LogP contribution in [0.1, 0.15) is 39.5 Å². The Bertz CT molecular complexity index is 1120. The van der Waals surface area contributed by atoms with Gasteiger partial charge in [0.15, 0.2) is 5.16 Å². The minimum atomic E-state index is -0.319. The summed E-state index contributed by atoms with van der Waals surface area (Å²) in [7, 11) is 1.72. The van der Waals surface area contributed by atoms with E-state index in [0.29, 0.717) is 22.0 Å². The van der Waals surface area contributed by atoms with Crippen molar-refractivity contribution in [1.82, 2.24) is 14.9 Å². The first kappa shape index (κ1) is 20.0. The summed E-state index contributed by atoms with van der Waals surface area (Å²) in [5, 5.41) is 6.13. The van der Waals surface area contributed by atoms with Gasteiger partial charge in [-0.05, 0) is 48.6 Å². The van der Waals surface area contributed by atoms with E-state index >= 15 is 0 Å². The summed E-state index contributed by atoms with van der Waals surface area (Å²) in [5.41, 5.74) is 0.583. The van der Waals surface area contributed by atoms with Crippen LogP contribution in [0.4, 0.5) is 0 Å². The molecule has 1 N–H and O–H groups in total. The summed E-state index contributed by atoms with van der Waals surface area (Å²) in [4.78, 5) is 30.4. The fourth-order valence-electron chi connectivity index (χ4n) is 4.09. The lowest BCUT2D eigenvalue weighted by Gasteiger charge is -2.30. The van der Waals surface area contributed by atoms with Crippen molar-refractivity contribution < 1.29 is 4.79 Å². The first-order valence-electron chi connectivity index (χ1n) is 10.3. The number of rotatable bonds is 4. The van der Waals surface area contributed by atoms with Crippen LogP contribution in [0.25, 0.3) is 21.7 Å². The second kappa shape index (κ2) is 8.19. The molecule has 29 heavy (non-hydrogen) atoms. The highest BCUT2D eigenvalue weighted by atomic mass is 32.2. The van der Waals surface area contributed by atoms with Crippen LogP contribution >= 0.6 is 11.8 Å². The van der Waals surface area contributed by atoms with E-state index in [2.05, 4.69) is 12.2 Å². The Morgan fingerprint density at radius 3 is 2.62 bits per heavy atom. The molecule has 0 saturated heterocycles. The number of nitrogens with zero attached hydrogens (tertiary/aromatic N) is 2. The predicted molar refractivity (Wildman–Crippen MR) is 119 cm³/mol. The standard InChI is InChI=1S/C23H27N3O2S/c1-14-8-4-7-11-19(14)24-21(27)15(2)29-23-25-20-13-17-10-6-5-9-16(17)12-18(20)22(28)26(23)3/h5-6,9-10,12-15,19H,4,7-8,11H2,1-3H3,(H,24,27)/t14-,15-,19-/m1/s1. The molecule has 2 aromatic carbocycles. The summed E-state index contributed by atoms with van der Waals surface area (Å²) >= 11 is 1.34. The molecule has 1 amide bonds. The van der Waals surface area contributed by atoms with Gasteiger partial charge in [-0.25, -0.2) is 4.98 Å². The van der Waals surface area contributed by atoms with Gasteiger partial charge in [0.2, 0.25) is 5.91 Å². The highest BCUT2D eigenvalue weighted by molar-refractivity contribution is 8.00. The second-order valence-corrected chi connectivity index (χ2v) is 9.42. The predicted octanol–water partition coefficient (Wildman–Crippen LogP) is 4.26. The monoisotopic (exact) mass is 409 g/mol. The van der Waals surface area contributed by atoms with Crippen LogP contribution in [0, 0.1) is 5.92 Å². The van der Waals surface area contributed by atoms with Crippen LogP contribution in [0.2, 0.25) is 0 Å². The largest absolute Gasteiger partial charge is 0.352 e. The van der Waals surface area contributed by atoms with Gasteiger partial charge in [0.25, 0.3) is 5.56 Å². The summed E-state index contributed by atoms with van der Waals surface area (Å²) in [6.45, 7) is 4.09. The number of hydrogen-bond donors (Lipinski definition) is 1. The van der Waals surface area contributed by atoms with Crippen molar-refractivity contribution in [3.05, 3.63) is 46.8 Å². The van der Waals surface area contributed by atoms with E-state index < -0.39 is 0 Å². The first-order chi connectivity index (χ1) is 13.9. The third kappa shape index (κ3) is 4.04. The number of amides is 1. The molecule has 6 heteroatoms. The van der Waals surface area contributed by atoms with Gasteiger partial charge in [-0.1, -0.05) is 55.8 Å². The lowest BCUT2D eigenvalue weighted by atomic mass is 9.86. The van der Waals surface area contributed by atoms with Crippen molar-refractivity contribution in [3.8, 4) is 0 Å². The van der Waals surface area contributed by atoms with Crippen LogP contribution in [0.15, 0.2) is 46.3 Å². The van der Waals surface area contributed by atoms with E-state index in [0.717, 1.165) is 17.2 Å². The van der Waals surface area contributed by atoms with E-state index in [4.69, 9.17) is 4.98 Å². The molecule has 0 aliphatic heterocycles. The quantitative estimate of drug-likeness (QED) is 0.397. The third-order valence-corrected chi connectivity index (χ3v) is 7.14. The fourth-order valence-corrected chi connectivity index (χ4v) is 4.97. The molecule has 0 spiro atoms. The zero-order valence-corrected chi connectivity index (χ0v) is 18.0. The van der Waals surface area contributed by atoms with Gasteiger partial charge in [-0.2, -0.15) is 0 Å². The van der Waals surface area contributed by atoms with Crippen molar-refractivity contribution in [2.24, 2.45) is 13.0 Å². The summed E-state index contributed by atoms with van der Waals surface area (Å²) in [6.07, 6.45) is 4.63. The molecule has 1 heterocycles. The van der Waals surface area contributed by atoms with Gasteiger partial charge in [-0.3, -0.25) is 14.2 Å². The molecule has 1 fully saturated rings. The van der Waals surface area contributed by atoms with E-state index in [1.165, 1.54) is 31.0 Å². The number of carbonyl (C=O) groups excluding carboxylic acids is 1. The van der Waals surface area contributed by atoms with E-state index in [9.17, 15) is 9.59 Å². The fraction of sp³-hybridized carbons (Fsp3) is 0.435. The Morgan fingerprint density at radius 1 is 1.21 bits per heavy atom. The highest BCUT2D eigenvalue weighted by Gasteiger charge is 2.26. The summed E-state index contributed by atoms with van der Waals surface area (Å²) < 4.78 is 1.55. The molecule has 0 radical (unpaired) electrons. The molecule has 1 aromatic heterocycles. The van der Waals surface area contributed by atoms with Crippen LogP contribution in [0.3, 0.4) is 0 Å². The minimum Gasteiger partial charge on any atom is -0.352 e. The molecular weight excluding hydrogens is 382 g/mol. The normalized spacial score (nSPS) is 20.7. The lowest BCUT2D eigenvalue weighted by Crippen LogP contribution is -2.44. The van der Waals surface area contributed by atoms with Crippen molar-refractivity contribution in [1.29, 1.82) is 0 Å². The van der Waals surface area contributed by atoms with E-state index in [1.807, 2.05) is 43.3 Å². The van der Waals surface area contributed by atoms with E-state index in [1.54, 1.807) is 11.6 Å². The number of aromatic nitrogens is 2. The second-order valence-electron chi connectivity index (χ2n) is 8.11. The zero-order chi connectivity index (χ0) is 20.5. The number of nitrogens with one attached hydrogen (secondary N) is 1. The molecule has 3 atom stereocenters. The van der Waals surface area contributed by atoms with Gasteiger partial charge >= 0.3 is 0 Å². The van der Waals surface area contributed by atoms with Crippen LogP contribution < -0.4 is 10.9 Å². The first-order valence-corrected chi connectivity index (χ1v) is 11.2. The molecule has 0 unspecified atom stereocenters. The number of fused-ring (bicyclic) bond motifs is 2. The molecular formula is C23H27N3O2S. The SMILES string of the molecule is C[C@@H]1CCCC[C@H]1NC(=O)[C@@H](C)Sc1nc2cc3ccccc3cc2c(=O)n1C. The lowest BCUT2D eigenvalue weighted by molar-refractivity contribution is -0.121. The van der Waals surface area contributed by atoms with Crippen molar-refractivity contribution in [2.75, 3.05) is 0 Å². The van der Waals surface area contributed by atoms with Gasteiger partial charge in [0.05, 0.1) is 16.2 Å². The molecule has 4 rings (SSSR count). The number of benzene rings is 2. The molecule has 1 aliphatic rings. The Kier molecular flexibility index (Phi) is 5.63. The topological polar surface area (TPSA) is 64.0 Å². The maximum absolute atomic E-state index is 12.9. The van der Waals surface area contributed by atoms with Crippen molar-refractivity contribution in [3.63, 3.8) is 0 Å². The zero-order valence-electron chi connectivity index (χ0n) is 17.1. The van der Waals surface area contributed by atoms with Gasteiger partial charge in [0.1, 0.15) is 0 Å². The smallest absolute Gasteiger partial charge is 0.261 e. The van der Waals surface area contributed by atoms with Crippen LogP contribution in [-0.4, -0.2) is 26.8 Å². The minimum absolute atomic E-state index is 0.0154. The van der Waals surface area contributed by atoms with Gasteiger partial charge < -0.3 is 5.32 Å².